The second-order valence-corrected chi connectivity index (χ2v) is 9.34. The zero-order valence-corrected chi connectivity index (χ0v) is 18.5. The zero-order chi connectivity index (χ0) is 21.2. The number of allylic oxidation sites excluding steroid dienone is 2. The second kappa shape index (κ2) is 8.69. The Hall–Kier alpha value is -2.15. The van der Waals surface area contributed by atoms with Gasteiger partial charge in [-0.3, -0.25) is 14.5 Å². The number of hydrogen-bond acceptors (Lipinski definition) is 4. The van der Waals surface area contributed by atoms with Crippen LogP contribution in [0.25, 0.3) is 5.57 Å². The number of aromatic nitrogens is 2. The normalized spacial score (nSPS) is 19.0. The Morgan fingerprint density at radius 2 is 1.93 bits per heavy atom. The highest BCUT2D eigenvalue weighted by Gasteiger charge is 2.35. The van der Waals surface area contributed by atoms with E-state index in [-0.39, 0.29) is 11.8 Å². The maximum atomic E-state index is 13.3. The van der Waals surface area contributed by atoms with Gasteiger partial charge >= 0.3 is 0 Å². The third kappa shape index (κ3) is 4.71. The number of imidazole rings is 1. The molecule has 0 spiro atoms. The number of nitrogens with one attached hydrogen (secondary N) is 2. The van der Waals surface area contributed by atoms with Crippen molar-refractivity contribution in [3.63, 3.8) is 0 Å². The van der Waals surface area contributed by atoms with Crippen molar-refractivity contribution in [1.82, 2.24) is 25.1 Å². The molecular formula is C22H35N5O2. The minimum absolute atomic E-state index is 0.192. The number of carbonyl (C=O) groups excluding carboxylic acids is 2. The van der Waals surface area contributed by atoms with Gasteiger partial charge in [0.2, 0.25) is 5.91 Å². The highest BCUT2D eigenvalue weighted by atomic mass is 16.2. The maximum Gasteiger partial charge on any atom is 0.272 e. The van der Waals surface area contributed by atoms with Gasteiger partial charge in [0.15, 0.2) is 5.69 Å². The predicted molar refractivity (Wildman–Crippen MR) is 114 cm³/mol. The Balaban J connectivity index is 1.97. The van der Waals surface area contributed by atoms with E-state index in [1.54, 1.807) is 7.05 Å². The predicted octanol–water partition coefficient (Wildman–Crippen LogP) is 2.57. The largest absolute Gasteiger partial charge is 0.357 e. The van der Waals surface area contributed by atoms with Crippen molar-refractivity contribution in [1.29, 1.82) is 0 Å². The van der Waals surface area contributed by atoms with Gasteiger partial charge in [-0.1, -0.05) is 33.3 Å². The molecule has 2 N–H and O–H groups in total. The van der Waals surface area contributed by atoms with Crippen LogP contribution in [0.4, 0.5) is 0 Å². The summed E-state index contributed by atoms with van der Waals surface area (Å²) in [5.41, 5.74) is 2.25. The molecule has 7 nitrogen and oxygen atoms in total. The lowest BCUT2D eigenvalue weighted by atomic mass is 9.86. The topological polar surface area (TPSA) is 79.3 Å². The molecule has 0 unspecified atom stereocenters. The first-order chi connectivity index (χ1) is 13.7. The van der Waals surface area contributed by atoms with Gasteiger partial charge < -0.3 is 15.2 Å². The molecule has 1 aromatic heterocycles. The minimum Gasteiger partial charge on any atom is -0.357 e. The fraction of sp³-hybridized carbons (Fsp3) is 0.682. The van der Waals surface area contributed by atoms with Crippen molar-refractivity contribution in [3.05, 3.63) is 23.3 Å². The number of likely N-dealkylation sites (N-methyl/N-ethyl adjacent to an activating group) is 2. The summed E-state index contributed by atoms with van der Waals surface area (Å²) in [6, 6.07) is -0.626. The van der Waals surface area contributed by atoms with Crippen LogP contribution in [0.15, 0.2) is 6.08 Å². The van der Waals surface area contributed by atoms with Crippen LogP contribution in [0.1, 0.15) is 74.9 Å². The van der Waals surface area contributed by atoms with Crippen molar-refractivity contribution < 1.29 is 9.59 Å². The average molecular weight is 402 g/mol. The van der Waals surface area contributed by atoms with Gasteiger partial charge in [0.1, 0.15) is 11.9 Å². The van der Waals surface area contributed by atoms with Crippen LogP contribution in [-0.2, 0) is 17.9 Å². The van der Waals surface area contributed by atoms with E-state index in [1.165, 1.54) is 18.4 Å². The molecule has 1 aliphatic carbocycles. The molecular weight excluding hydrogens is 366 g/mol. The zero-order valence-electron chi connectivity index (χ0n) is 18.5. The van der Waals surface area contributed by atoms with E-state index in [2.05, 4.69) is 33.2 Å². The highest BCUT2D eigenvalue weighted by molar-refractivity contribution is 5.97. The molecule has 1 atom stereocenters. The first kappa shape index (κ1) is 21.6. The SMILES string of the molecule is CNC(=O)[C@@H](NC(=O)c1nc(C2=CCCCCC2)n2c1CN(C)CC2)C(C)(C)C. The van der Waals surface area contributed by atoms with Crippen LogP contribution < -0.4 is 10.6 Å². The van der Waals surface area contributed by atoms with Crippen LogP contribution in [0.3, 0.4) is 0 Å². The van der Waals surface area contributed by atoms with Gasteiger partial charge in [0, 0.05) is 26.7 Å². The van der Waals surface area contributed by atoms with Gasteiger partial charge in [-0.05, 0) is 43.7 Å². The molecule has 3 rings (SSSR count). The van der Waals surface area contributed by atoms with Gasteiger partial charge in [0.05, 0.1) is 5.69 Å². The highest BCUT2D eigenvalue weighted by Crippen LogP contribution is 2.29. The Kier molecular flexibility index (Phi) is 6.46. The molecule has 29 heavy (non-hydrogen) atoms. The molecule has 0 fully saturated rings. The standard InChI is InChI=1S/C22H35N5O2/c1-22(2,3)18(21(29)23-4)25-20(28)17-16-14-26(5)12-13-27(16)19(24-17)15-10-8-6-7-9-11-15/h10,18H,6-9,11-14H2,1-5H3,(H,23,29)(H,25,28)/t18-/m1/s1. The monoisotopic (exact) mass is 401 g/mol. The summed E-state index contributed by atoms with van der Waals surface area (Å²) in [5, 5.41) is 5.62. The van der Waals surface area contributed by atoms with Crippen molar-refractivity contribution in [2.24, 2.45) is 5.41 Å². The average Bonchev–Trinajstić information content (AvgIpc) is 2.84. The van der Waals surface area contributed by atoms with Crippen molar-refractivity contribution in [2.45, 2.75) is 72.0 Å². The molecule has 1 aliphatic heterocycles. The first-order valence-corrected chi connectivity index (χ1v) is 10.7. The lowest BCUT2D eigenvalue weighted by Gasteiger charge is -2.30. The van der Waals surface area contributed by atoms with Crippen LogP contribution in [-0.4, -0.2) is 52.9 Å². The summed E-state index contributed by atoms with van der Waals surface area (Å²) in [6.45, 7) is 8.30. The van der Waals surface area contributed by atoms with Crippen LogP contribution in [0.5, 0.6) is 0 Å². The smallest absolute Gasteiger partial charge is 0.272 e. The Morgan fingerprint density at radius 1 is 1.17 bits per heavy atom. The molecule has 0 saturated carbocycles. The van der Waals surface area contributed by atoms with Gasteiger partial charge in [-0.2, -0.15) is 0 Å². The molecule has 160 valence electrons. The molecule has 0 radical (unpaired) electrons. The van der Waals surface area contributed by atoms with Gasteiger partial charge in [-0.25, -0.2) is 4.98 Å². The van der Waals surface area contributed by atoms with E-state index >= 15 is 0 Å². The van der Waals surface area contributed by atoms with Crippen molar-refractivity contribution in [2.75, 3.05) is 20.6 Å². The van der Waals surface area contributed by atoms with E-state index < -0.39 is 11.5 Å². The summed E-state index contributed by atoms with van der Waals surface area (Å²) >= 11 is 0. The molecule has 2 aliphatic rings. The van der Waals surface area contributed by atoms with E-state index in [4.69, 9.17) is 4.98 Å². The fourth-order valence-electron chi connectivity index (χ4n) is 4.16. The van der Waals surface area contributed by atoms with Gasteiger partial charge in [0.25, 0.3) is 5.91 Å². The summed E-state index contributed by atoms with van der Waals surface area (Å²) in [5.74, 6) is 0.475. The van der Waals surface area contributed by atoms with Crippen molar-refractivity contribution >= 4 is 17.4 Å². The number of amides is 2. The minimum atomic E-state index is -0.626. The number of fused-ring (bicyclic) bond motifs is 1. The number of carbonyl (C=O) groups is 2. The summed E-state index contributed by atoms with van der Waals surface area (Å²) < 4.78 is 2.22. The summed E-state index contributed by atoms with van der Waals surface area (Å²) in [6.07, 6.45) is 8.00. The maximum absolute atomic E-state index is 13.3. The number of rotatable bonds is 4. The second-order valence-electron chi connectivity index (χ2n) is 9.34. The molecule has 0 aromatic carbocycles. The number of hydrogen-bond donors (Lipinski definition) is 2. The first-order valence-electron chi connectivity index (χ1n) is 10.7. The summed E-state index contributed by atoms with van der Waals surface area (Å²) in [7, 11) is 3.66. The third-order valence-corrected chi connectivity index (χ3v) is 5.89. The quantitative estimate of drug-likeness (QED) is 0.813. The fourth-order valence-corrected chi connectivity index (χ4v) is 4.16. The van der Waals surface area contributed by atoms with Crippen LogP contribution >= 0.6 is 0 Å². The lowest BCUT2D eigenvalue weighted by Crippen LogP contribution is -2.53. The molecule has 0 saturated heterocycles. The van der Waals surface area contributed by atoms with E-state index in [0.717, 1.165) is 43.9 Å². The van der Waals surface area contributed by atoms with E-state index in [0.29, 0.717) is 12.2 Å². The Morgan fingerprint density at radius 3 is 2.62 bits per heavy atom. The molecule has 7 heteroatoms. The number of nitrogens with zero attached hydrogens (tertiary/aromatic N) is 3. The van der Waals surface area contributed by atoms with Crippen LogP contribution in [0, 0.1) is 5.41 Å². The Bertz CT molecular complexity index is 803. The lowest BCUT2D eigenvalue weighted by molar-refractivity contribution is -0.124. The van der Waals surface area contributed by atoms with Gasteiger partial charge in [-0.15, -0.1) is 0 Å². The molecule has 2 amide bonds. The third-order valence-electron chi connectivity index (χ3n) is 5.89. The Labute approximate surface area is 173 Å². The summed E-state index contributed by atoms with van der Waals surface area (Å²) in [4.78, 5) is 32.7. The molecule has 2 heterocycles. The van der Waals surface area contributed by atoms with E-state index in [1.807, 2.05) is 20.8 Å². The molecule has 1 aromatic rings. The van der Waals surface area contributed by atoms with Crippen molar-refractivity contribution in [3.8, 4) is 0 Å². The van der Waals surface area contributed by atoms with Crippen LogP contribution in [0.2, 0.25) is 0 Å². The molecule has 0 bridgehead atoms. The van der Waals surface area contributed by atoms with E-state index in [9.17, 15) is 9.59 Å².